The molecule has 0 amide bonds. The predicted molar refractivity (Wildman–Crippen MR) is 83.0 cm³/mol. The van der Waals surface area contributed by atoms with Crippen LogP contribution in [0.3, 0.4) is 0 Å². The van der Waals surface area contributed by atoms with Crippen LogP contribution in [-0.2, 0) is 4.74 Å². The molecule has 4 heteroatoms. The summed E-state index contributed by atoms with van der Waals surface area (Å²) in [5, 5.41) is 12.9. The van der Waals surface area contributed by atoms with Crippen molar-refractivity contribution in [3.8, 4) is 0 Å². The van der Waals surface area contributed by atoms with Crippen LogP contribution in [0, 0.1) is 18.7 Å². The predicted octanol–water partition coefficient (Wildman–Crippen LogP) is 3.50. The summed E-state index contributed by atoms with van der Waals surface area (Å²) in [4.78, 5) is 0. The van der Waals surface area contributed by atoms with Crippen LogP contribution in [0.25, 0.3) is 0 Å². The monoisotopic (exact) mass is 295 g/mol. The van der Waals surface area contributed by atoms with Crippen molar-refractivity contribution in [1.82, 2.24) is 0 Å². The minimum atomic E-state index is -0.621. The Hall–Kier alpha value is -1.13. The summed E-state index contributed by atoms with van der Waals surface area (Å²) in [6.07, 6.45) is 4.21. The SMILES string of the molecule is Cc1ccc(F)c(NCC(O)COC2CCC(C)CC2)c1. The van der Waals surface area contributed by atoms with Crippen LogP contribution in [0.5, 0.6) is 0 Å². The lowest BCUT2D eigenvalue weighted by Gasteiger charge is -2.27. The third kappa shape index (κ3) is 5.29. The Labute approximate surface area is 126 Å². The molecule has 2 N–H and O–H groups in total. The number of hydrogen-bond acceptors (Lipinski definition) is 3. The first kappa shape index (κ1) is 16.2. The molecule has 0 radical (unpaired) electrons. The number of aryl methyl sites for hydroxylation is 1. The Morgan fingerprint density at radius 3 is 2.76 bits per heavy atom. The van der Waals surface area contributed by atoms with Gasteiger partial charge in [0.05, 0.1) is 24.5 Å². The Morgan fingerprint density at radius 2 is 2.05 bits per heavy atom. The fraction of sp³-hybridized carbons (Fsp3) is 0.647. The van der Waals surface area contributed by atoms with E-state index in [9.17, 15) is 9.50 Å². The molecule has 1 fully saturated rings. The lowest BCUT2D eigenvalue weighted by Crippen LogP contribution is -2.29. The number of benzene rings is 1. The molecule has 1 aliphatic carbocycles. The molecule has 21 heavy (non-hydrogen) atoms. The molecule has 0 heterocycles. The summed E-state index contributed by atoms with van der Waals surface area (Å²) >= 11 is 0. The smallest absolute Gasteiger partial charge is 0.146 e. The Balaban J connectivity index is 1.70. The summed E-state index contributed by atoms with van der Waals surface area (Å²) in [6.45, 7) is 4.78. The van der Waals surface area contributed by atoms with E-state index < -0.39 is 6.10 Å². The highest BCUT2D eigenvalue weighted by Crippen LogP contribution is 2.25. The standard InChI is InChI=1S/C17H26FNO2/c1-12-3-6-15(7-4-12)21-11-14(20)10-19-17-9-13(2)5-8-16(17)18/h5,8-9,12,14-15,19-20H,3-4,6-7,10-11H2,1-2H3. The van der Waals surface area contributed by atoms with Crippen molar-refractivity contribution in [3.63, 3.8) is 0 Å². The average Bonchev–Trinajstić information content (AvgIpc) is 2.47. The van der Waals surface area contributed by atoms with Gasteiger partial charge in [0.25, 0.3) is 0 Å². The minimum Gasteiger partial charge on any atom is -0.389 e. The maximum atomic E-state index is 13.6. The Bertz CT molecular complexity index is 444. The van der Waals surface area contributed by atoms with E-state index in [-0.39, 0.29) is 11.9 Å². The van der Waals surface area contributed by atoms with Gasteiger partial charge in [-0.2, -0.15) is 0 Å². The van der Waals surface area contributed by atoms with Gasteiger partial charge in [0.1, 0.15) is 5.82 Å². The maximum absolute atomic E-state index is 13.6. The van der Waals surface area contributed by atoms with Crippen LogP contribution in [0.4, 0.5) is 10.1 Å². The van der Waals surface area contributed by atoms with E-state index in [0.717, 1.165) is 24.3 Å². The second kappa shape index (κ2) is 7.76. The highest BCUT2D eigenvalue weighted by molar-refractivity contribution is 5.47. The first-order valence-electron chi connectivity index (χ1n) is 7.84. The molecule has 0 spiro atoms. The molecule has 1 aliphatic rings. The lowest BCUT2D eigenvalue weighted by molar-refractivity contribution is -0.0245. The third-order valence-electron chi connectivity index (χ3n) is 4.14. The largest absolute Gasteiger partial charge is 0.389 e. The summed E-state index contributed by atoms with van der Waals surface area (Å²) in [5.74, 6) is 0.496. The van der Waals surface area contributed by atoms with Crippen molar-refractivity contribution < 1.29 is 14.2 Å². The van der Waals surface area contributed by atoms with Gasteiger partial charge in [-0.3, -0.25) is 0 Å². The normalized spacial score (nSPS) is 23.8. The van der Waals surface area contributed by atoms with Crippen molar-refractivity contribution in [1.29, 1.82) is 0 Å². The van der Waals surface area contributed by atoms with Crippen LogP contribution in [0.15, 0.2) is 18.2 Å². The van der Waals surface area contributed by atoms with E-state index >= 15 is 0 Å². The summed E-state index contributed by atoms with van der Waals surface area (Å²) in [7, 11) is 0. The van der Waals surface area contributed by atoms with Crippen molar-refractivity contribution in [2.24, 2.45) is 5.92 Å². The van der Waals surface area contributed by atoms with Crippen LogP contribution in [-0.4, -0.2) is 30.5 Å². The third-order valence-corrected chi connectivity index (χ3v) is 4.14. The van der Waals surface area contributed by atoms with Gasteiger partial charge in [-0.25, -0.2) is 4.39 Å². The zero-order valence-corrected chi connectivity index (χ0v) is 12.9. The fourth-order valence-electron chi connectivity index (χ4n) is 2.70. The van der Waals surface area contributed by atoms with Crippen molar-refractivity contribution in [2.45, 2.75) is 51.7 Å². The zero-order valence-electron chi connectivity index (χ0n) is 12.9. The van der Waals surface area contributed by atoms with Gasteiger partial charge < -0.3 is 15.2 Å². The fourth-order valence-corrected chi connectivity index (χ4v) is 2.70. The maximum Gasteiger partial charge on any atom is 0.146 e. The Kier molecular flexibility index (Phi) is 6.00. The molecule has 118 valence electrons. The van der Waals surface area contributed by atoms with Crippen LogP contribution in [0.2, 0.25) is 0 Å². The summed E-state index contributed by atoms with van der Waals surface area (Å²) in [6, 6.07) is 4.90. The van der Waals surface area contributed by atoms with Gasteiger partial charge in [0.2, 0.25) is 0 Å². The van der Waals surface area contributed by atoms with Crippen molar-refractivity contribution >= 4 is 5.69 Å². The number of hydrogen-bond donors (Lipinski definition) is 2. The molecule has 3 nitrogen and oxygen atoms in total. The first-order chi connectivity index (χ1) is 10.0. The molecule has 1 aromatic rings. The van der Waals surface area contributed by atoms with Gasteiger partial charge in [-0.15, -0.1) is 0 Å². The van der Waals surface area contributed by atoms with Gasteiger partial charge in [-0.05, 0) is 56.2 Å². The lowest BCUT2D eigenvalue weighted by atomic mass is 9.89. The topological polar surface area (TPSA) is 41.5 Å². The number of rotatable bonds is 6. The average molecular weight is 295 g/mol. The van der Waals surface area contributed by atoms with Gasteiger partial charge >= 0.3 is 0 Å². The number of aliphatic hydroxyl groups is 1. The van der Waals surface area contributed by atoms with E-state index in [1.807, 2.05) is 6.92 Å². The summed E-state index contributed by atoms with van der Waals surface area (Å²) in [5.41, 5.74) is 1.42. The quantitative estimate of drug-likeness (QED) is 0.844. The number of nitrogens with one attached hydrogen (secondary N) is 1. The van der Waals surface area contributed by atoms with Crippen LogP contribution in [0.1, 0.15) is 38.2 Å². The molecular weight excluding hydrogens is 269 g/mol. The molecule has 1 saturated carbocycles. The Morgan fingerprint density at radius 1 is 1.33 bits per heavy atom. The zero-order chi connectivity index (χ0) is 15.2. The molecule has 0 bridgehead atoms. The number of ether oxygens (including phenoxy) is 1. The van der Waals surface area contributed by atoms with Gasteiger partial charge in [0, 0.05) is 6.54 Å². The van der Waals surface area contributed by atoms with Crippen LogP contribution < -0.4 is 5.32 Å². The molecule has 1 aromatic carbocycles. The van der Waals surface area contributed by atoms with E-state index in [0.29, 0.717) is 18.8 Å². The van der Waals surface area contributed by atoms with E-state index in [1.165, 1.54) is 18.9 Å². The van der Waals surface area contributed by atoms with Crippen LogP contribution >= 0.6 is 0 Å². The molecule has 0 aromatic heterocycles. The molecule has 0 saturated heterocycles. The van der Waals surface area contributed by atoms with E-state index in [2.05, 4.69) is 12.2 Å². The second-order valence-electron chi connectivity index (χ2n) is 6.23. The second-order valence-corrected chi connectivity index (χ2v) is 6.23. The highest BCUT2D eigenvalue weighted by atomic mass is 19.1. The molecule has 1 unspecified atom stereocenters. The first-order valence-corrected chi connectivity index (χ1v) is 7.84. The summed E-state index contributed by atoms with van der Waals surface area (Å²) < 4.78 is 19.3. The minimum absolute atomic E-state index is 0.270. The van der Waals surface area contributed by atoms with Gasteiger partial charge in [-0.1, -0.05) is 13.0 Å². The van der Waals surface area contributed by atoms with E-state index in [4.69, 9.17) is 4.74 Å². The van der Waals surface area contributed by atoms with Crippen molar-refractivity contribution in [2.75, 3.05) is 18.5 Å². The van der Waals surface area contributed by atoms with Crippen molar-refractivity contribution in [3.05, 3.63) is 29.6 Å². The molecule has 1 atom stereocenters. The van der Waals surface area contributed by atoms with E-state index in [1.54, 1.807) is 12.1 Å². The molecular formula is C17H26FNO2. The molecule has 2 rings (SSSR count). The highest BCUT2D eigenvalue weighted by Gasteiger charge is 2.19. The molecule has 0 aliphatic heterocycles. The van der Waals surface area contributed by atoms with Gasteiger partial charge in [0.15, 0.2) is 0 Å². The number of halogens is 1. The number of anilines is 1. The number of aliphatic hydroxyl groups excluding tert-OH is 1.